The number of phenols is 3. The number of carbonyl (C=O) groups excluding carboxylic acids is 3. The first kappa shape index (κ1) is 14.4. The molecule has 8 heteroatoms. The first-order valence-electron chi connectivity index (χ1n) is 6.43. The normalized spacial score (nSPS) is 12.7. The summed E-state index contributed by atoms with van der Waals surface area (Å²) in [5.74, 6) is -3.75. The number of aromatic hydroxyl groups is 3. The van der Waals surface area contributed by atoms with Crippen LogP contribution in [0.5, 0.6) is 17.2 Å². The Morgan fingerprint density at radius 1 is 0.913 bits per heavy atom. The summed E-state index contributed by atoms with van der Waals surface area (Å²) >= 11 is 0. The Bertz CT molecular complexity index is 851. The Labute approximate surface area is 129 Å². The molecular weight excluding hydrogens is 304 g/mol. The summed E-state index contributed by atoms with van der Waals surface area (Å²) in [6.07, 6.45) is 0. The van der Waals surface area contributed by atoms with Crippen LogP contribution in [0.1, 0.15) is 31.1 Å². The van der Waals surface area contributed by atoms with Crippen LogP contribution in [0.25, 0.3) is 0 Å². The molecule has 2 aromatic carbocycles. The van der Waals surface area contributed by atoms with E-state index in [-0.39, 0.29) is 22.4 Å². The van der Waals surface area contributed by atoms with Gasteiger partial charge >= 0.3 is 0 Å². The Morgan fingerprint density at radius 2 is 1.52 bits per heavy atom. The average molecular weight is 314 g/mol. The third kappa shape index (κ3) is 2.42. The Hall–Kier alpha value is -3.55. The fraction of sp³-hybridized carbons (Fsp3) is 0. The van der Waals surface area contributed by atoms with E-state index in [1.54, 1.807) is 0 Å². The number of benzene rings is 2. The highest BCUT2D eigenvalue weighted by Crippen LogP contribution is 2.35. The maximum atomic E-state index is 12.1. The van der Waals surface area contributed by atoms with Crippen LogP contribution in [0.2, 0.25) is 0 Å². The van der Waals surface area contributed by atoms with E-state index in [2.05, 4.69) is 10.6 Å². The Balaban J connectivity index is 1.88. The lowest BCUT2D eigenvalue weighted by Gasteiger charge is -2.08. The molecule has 23 heavy (non-hydrogen) atoms. The van der Waals surface area contributed by atoms with E-state index in [0.29, 0.717) is 0 Å². The van der Waals surface area contributed by atoms with Crippen molar-refractivity contribution in [3.05, 3.63) is 47.0 Å². The molecule has 0 unspecified atom stereocenters. The third-order valence-electron chi connectivity index (χ3n) is 3.33. The summed E-state index contributed by atoms with van der Waals surface area (Å²) < 4.78 is 0. The van der Waals surface area contributed by atoms with Crippen LogP contribution in [0.4, 0.5) is 5.69 Å². The standard InChI is InChI=1S/C15H10N2O6/c18-10-3-6(4-11(19)12(10)20)13(21)16-7-1-2-8-9(5-7)15(23)17-14(8)22/h1-5,18-20H,(H,16,21)(H,17,22,23). The van der Waals surface area contributed by atoms with Gasteiger partial charge in [-0.1, -0.05) is 0 Å². The number of hydrogen-bond acceptors (Lipinski definition) is 6. The zero-order valence-corrected chi connectivity index (χ0v) is 11.5. The maximum Gasteiger partial charge on any atom is 0.259 e. The number of rotatable bonds is 2. The van der Waals surface area contributed by atoms with E-state index >= 15 is 0 Å². The second kappa shape index (κ2) is 5.02. The first-order valence-corrected chi connectivity index (χ1v) is 6.43. The van der Waals surface area contributed by atoms with Crippen molar-refractivity contribution >= 4 is 23.4 Å². The zero-order chi connectivity index (χ0) is 16.7. The number of anilines is 1. The van der Waals surface area contributed by atoms with Gasteiger partial charge in [0, 0.05) is 11.3 Å². The van der Waals surface area contributed by atoms with Gasteiger partial charge in [-0.3, -0.25) is 19.7 Å². The van der Waals surface area contributed by atoms with Crippen molar-refractivity contribution in [1.29, 1.82) is 0 Å². The molecule has 116 valence electrons. The molecule has 0 aromatic heterocycles. The minimum Gasteiger partial charge on any atom is -0.504 e. The Morgan fingerprint density at radius 3 is 2.17 bits per heavy atom. The second-order valence-corrected chi connectivity index (χ2v) is 4.86. The molecule has 2 aromatic rings. The number of hydrogen-bond donors (Lipinski definition) is 5. The van der Waals surface area contributed by atoms with Crippen molar-refractivity contribution in [3.63, 3.8) is 0 Å². The molecular formula is C15H10N2O6. The summed E-state index contributed by atoms with van der Waals surface area (Å²) in [5, 5.41) is 32.7. The van der Waals surface area contributed by atoms with Crippen molar-refractivity contribution in [3.8, 4) is 17.2 Å². The highest BCUT2D eigenvalue weighted by molar-refractivity contribution is 6.22. The van der Waals surface area contributed by atoms with Crippen LogP contribution < -0.4 is 10.6 Å². The molecule has 5 N–H and O–H groups in total. The minimum atomic E-state index is -0.728. The molecule has 0 fully saturated rings. The van der Waals surface area contributed by atoms with Gasteiger partial charge in [0.1, 0.15) is 0 Å². The molecule has 0 atom stereocenters. The molecule has 0 aliphatic carbocycles. The molecule has 1 aliphatic heterocycles. The SMILES string of the molecule is O=C(Nc1ccc2c(c1)C(=O)NC2=O)c1cc(O)c(O)c(O)c1. The van der Waals surface area contributed by atoms with Crippen molar-refractivity contribution < 1.29 is 29.7 Å². The summed E-state index contributed by atoms with van der Waals surface area (Å²) in [7, 11) is 0. The summed E-state index contributed by atoms with van der Waals surface area (Å²) in [4.78, 5) is 35.1. The molecule has 1 heterocycles. The summed E-state index contributed by atoms with van der Waals surface area (Å²) in [5.41, 5.74) is 0.515. The summed E-state index contributed by atoms with van der Waals surface area (Å²) in [6, 6.07) is 6.14. The fourth-order valence-electron chi connectivity index (χ4n) is 2.18. The van der Waals surface area contributed by atoms with E-state index in [1.165, 1.54) is 18.2 Å². The Kier molecular flexibility index (Phi) is 3.14. The molecule has 0 radical (unpaired) electrons. The van der Waals surface area contributed by atoms with Crippen LogP contribution in [-0.2, 0) is 0 Å². The molecule has 1 aliphatic rings. The molecule has 0 spiro atoms. The van der Waals surface area contributed by atoms with Gasteiger partial charge in [0.05, 0.1) is 11.1 Å². The number of nitrogens with one attached hydrogen (secondary N) is 2. The van der Waals surface area contributed by atoms with E-state index in [4.69, 9.17) is 0 Å². The maximum absolute atomic E-state index is 12.1. The van der Waals surface area contributed by atoms with Crippen molar-refractivity contribution in [1.82, 2.24) is 5.32 Å². The van der Waals surface area contributed by atoms with Crippen LogP contribution in [-0.4, -0.2) is 33.0 Å². The molecule has 8 nitrogen and oxygen atoms in total. The topological polar surface area (TPSA) is 136 Å². The molecule has 0 bridgehead atoms. The van der Waals surface area contributed by atoms with Gasteiger partial charge in [0.15, 0.2) is 17.2 Å². The van der Waals surface area contributed by atoms with Crippen LogP contribution in [0.3, 0.4) is 0 Å². The lowest BCUT2D eigenvalue weighted by molar-refractivity contribution is 0.0878. The highest BCUT2D eigenvalue weighted by Gasteiger charge is 2.26. The number of phenolic OH excluding ortho intramolecular Hbond substituents is 3. The van der Waals surface area contributed by atoms with Crippen LogP contribution in [0.15, 0.2) is 30.3 Å². The number of amides is 3. The van der Waals surface area contributed by atoms with E-state index in [9.17, 15) is 29.7 Å². The van der Waals surface area contributed by atoms with Gasteiger partial charge in [-0.25, -0.2) is 0 Å². The van der Waals surface area contributed by atoms with Gasteiger partial charge < -0.3 is 20.6 Å². The predicted octanol–water partition coefficient (Wildman–Crippen LogP) is 0.939. The van der Waals surface area contributed by atoms with E-state index in [1.807, 2.05) is 0 Å². The monoisotopic (exact) mass is 314 g/mol. The molecule has 0 saturated carbocycles. The van der Waals surface area contributed by atoms with E-state index < -0.39 is 35.0 Å². The smallest absolute Gasteiger partial charge is 0.259 e. The van der Waals surface area contributed by atoms with Gasteiger partial charge in [0.2, 0.25) is 0 Å². The van der Waals surface area contributed by atoms with Crippen molar-refractivity contribution in [2.45, 2.75) is 0 Å². The van der Waals surface area contributed by atoms with Gasteiger partial charge in [-0.05, 0) is 30.3 Å². The number of fused-ring (bicyclic) bond motifs is 1. The van der Waals surface area contributed by atoms with Crippen molar-refractivity contribution in [2.75, 3.05) is 5.32 Å². The predicted molar refractivity (Wildman–Crippen MR) is 77.6 cm³/mol. The molecule has 3 amide bonds. The number of imide groups is 1. The lowest BCUT2D eigenvalue weighted by Crippen LogP contribution is -2.19. The first-order chi connectivity index (χ1) is 10.9. The average Bonchev–Trinajstić information content (AvgIpc) is 2.78. The van der Waals surface area contributed by atoms with Gasteiger partial charge in [0.25, 0.3) is 17.7 Å². The summed E-state index contributed by atoms with van der Waals surface area (Å²) in [6.45, 7) is 0. The highest BCUT2D eigenvalue weighted by atomic mass is 16.3. The van der Waals surface area contributed by atoms with Gasteiger partial charge in [-0.2, -0.15) is 0 Å². The van der Waals surface area contributed by atoms with Gasteiger partial charge in [-0.15, -0.1) is 0 Å². The largest absolute Gasteiger partial charge is 0.504 e. The third-order valence-corrected chi connectivity index (χ3v) is 3.33. The van der Waals surface area contributed by atoms with Crippen LogP contribution >= 0.6 is 0 Å². The van der Waals surface area contributed by atoms with E-state index in [0.717, 1.165) is 12.1 Å². The van der Waals surface area contributed by atoms with Crippen LogP contribution in [0, 0.1) is 0 Å². The minimum absolute atomic E-state index is 0.0983. The molecule has 0 saturated heterocycles. The quantitative estimate of drug-likeness (QED) is 0.413. The van der Waals surface area contributed by atoms with Crippen molar-refractivity contribution in [2.24, 2.45) is 0 Å². The number of carbonyl (C=O) groups is 3. The second-order valence-electron chi connectivity index (χ2n) is 4.86. The lowest BCUT2D eigenvalue weighted by atomic mass is 10.1. The zero-order valence-electron chi connectivity index (χ0n) is 11.5. The molecule has 3 rings (SSSR count). The fourth-order valence-corrected chi connectivity index (χ4v) is 2.18.